The molecular formula is C23H29ClO4S. The highest BCUT2D eigenvalue weighted by molar-refractivity contribution is 7.92. The average molecular weight is 437 g/mol. The summed E-state index contributed by atoms with van der Waals surface area (Å²) in [5.74, 6) is -0.658. The Kier molecular flexibility index (Phi) is 9.18. The lowest BCUT2D eigenvalue weighted by Gasteiger charge is -2.16. The number of ether oxygens (including phenoxy) is 1. The van der Waals surface area contributed by atoms with E-state index < -0.39 is 21.1 Å². The molecule has 0 saturated carbocycles. The van der Waals surface area contributed by atoms with Gasteiger partial charge in [-0.05, 0) is 62.9 Å². The summed E-state index contributed by atoms with van der Waals surface area (Å²) in [5, 5.41) is -0.421. The number of rotatable bonds is 11. The first-order valence-electron chi connectivity index (χ1n) is 10.1. The van der Waals surface area contributed by atoms with Crippen molar-refractivity contribution in [3.05, 3.63) is 64.7 Å². The normalized spacial score (nSPS) is 12.5. The van der Waals surface area contributed by atoms with E-state index in [1.807, 2.05) is 31.2 Å². The minimum absolute atomic E-state index is 0.167. The van der Waals surface area contributed by atoms with Gasteiger partial charge in [0.15, 0.2) is 15.1 Å². The molecule has 0 aromatic heterocycles. The minimum atomic E-state index is -3.77. The molecule has 158 valence electrons. The number of aryl methyl sites for hydroxylation is 2. The molecule has 4 nitrogen and oxygen atoms in total. The molecule has 0 spiro atoms. The van der Waals surface area contributed by atoms with Crippen molar-refractivity contribution in [1.82, 2.24) is 0 Å². The second kappa shape index (κ2) is 11.4. The van der Waals surface area contributed by atoms with Gasteiger partial charge in [-0.15, -0.1) is 0 Å². The van der Waals surface area contributed by atoms with Gasteiger partial charge in [0.05, 0.1) is 11.5 Å². The topological polar surface area (TPSA) is 60.4 Å². The fourth-order valence-electron chi connectivity index (χ4n) is 3.19. The van der Waals surface area contributed by atoms with E-state index >= 15 is 0 Å². The summed E-state index contributed by atoms with van der Waals surface area (Å²) in [7, 11) is -3.77. The fraction of sp³-hybridized carbons (Fsp3) is 0.435. The van der Waals surface area contributed by atoms with E-state index in [0.29, 0.717) is 6.42 Å². The summed E-state index contributed by atoms with van der Waals surface area (Å²) in [6.07, 6.45) is 4.75. The molecule has 0 aliphatic rings. The lowest BCUT2D eigenvalue weighted by atomic mass is 10.0. The Balaban J connectivity index is 1.90. The molecular weight excluding hydrogens is 408 g/mol. The van der Waals surface area contributed by atoms with Crippen LogP contribution in [0, 0.1) is 6.92 Å². The van der Waals surface area contributed by atoms with Crippen molar-refractivity contribution < 1.29 is 17.9 Å². The highest BCUT2D eigenvalue weighted by Crippen LogP contribution is 2.23. The zero-order valence-corrected chi connectivity index (χ0v) is 18.6. The van der Waals surface area contributed by atoms with Crippen LogP contribution in [-0.2, 0) is 25.8 Å². The number of carbonyl (C=O) groups excluding carboxylic acids is 1. The molecule has 0 bridgehead atoms. The predicted octanol–water partition coefficient (Wildman–Crippen LogP) is 5.55. The molecule has 0 aliphatic carbocycles. The Morgan fingerprint density at radius 2 is 1.59 bits per heavy atom. The molecule has 1 unspecified atom stereocenters. The molecule has 0 fully saturated rings. The number of esters is 1. The Hall–Kier alpha value is -1.85. The van der Waals surface area contributed by atoms with Gasteiger partial charge in [-0.25, -0.2) is 8.42 Å². The minimum Gasteiger partial charge on any atom is -0.465 e. The summed E-state index contributed by atoms with van der Waals surface area (Å²) in [6.45, 7) is 3.74. The SMILES string of the molecule is CCOC(=O)C(CCCCCCc1ccc(Cl)cc1)S(=O)(=O)c1ccc(C)cc1. The van der Waals surface area contributed by atoms with E-state index in [0.717, 1.165) is 36.3 Å². The molecule has 29 heavy (non-hydrogen) atoms. The summed E-state index contributed by atoms with van der Waals surface area (Å²) >= 11 is 5.89. The summed E-state index contributed by atoms with van der Waals surface area (Å²) in [4.78, 5) is 12.5. The van der Waals surface area contributed by atoms with Crippen LogP contribution in [0.25, 0.3) is 0 Å². The van der Waals surface area contributed by atoms with Crippen LogP contribution in [0.3, 0.4) is 0 Å². The third kappa shape index (κ3) is 7.16. The van der Waals surface area contributed by atoms with E-state index in [-0.39, 0.29) is 17.9 Å². The highest BCUT2D eigenvalue weighted by atomic mass is 35.5. The first-order chi connectivity index (χ1) is 13.8. The standard InChI is InChI=1S/C23H29ClO4S/c1-3-28-23(25)22(29(26,27)21-16-10-18(2)11-17-21)9-7-5-4-6-8-19-12-14-20(24)15-13-19/h10-17,22H,3-9H2,1-2H3. The first-order valence-corrected chi connectivity index (χ1v) is 12.0. The van der Waals surface area contributed by atoms with Crippen LogP contribution in [0.4, 0.5) is 0 Å². The number of hydrogen-bond donors (Lipinski definition) is 0. The lowest BCUT2D eigenvalue weighted by molar-refractivity contribution is -0.142. The van der Waals surface area contributed by atoms with E-state index in [2.05, 4.69) is 0 Å². The fourth-order valence-corrected chi connectivity index (χ4v) is 4.96. The molecule has 2 rings (SSSR count). The van der Waals surface area contributed by atoms with E-state index in [1.54, 1.807) is 31.2 Å². The van der Waals surface area contributed by atoms with Crippen molar-refractivity contribution in [1.29, 1.82) is 0 Å². The van der Waals surface area contributed by atoms with Crippen LogP contribution in [0.15, 0.2) is 53.4 Å². The lowest BCUT2D eigenvalue weighted by Crippen LogP contribution is -2.32. The number of hydrogen-bond acceptors (Lipinski definition) is 4. The third-order valence-corrected chi connectivity index (χ3v) is 7.23. The first kappa shape index (κ1) is 23.4. The van der Waals surface area contributed by atoms with Crippen LogP contribution in [0.2, 0.25) is 5.02 Å². The van der Waals surface area contributed by atoms with E-state index in [9.17, 15) is 13.2 Å². The van der Waals surface area contributed by atoms with E-state index in [1.165, 1.54) is 5.56 Å². The number of halogens is 1. The van der Waals surface area contributed by atoms with Crippen LogP contribution >= 0.6 is 11.6 Å². The van der Waals surface area contributed by atoms with Crippen molar-refractivity contribution in [3.8, 4) is 0 Å². The zero-order chi connectivity index (χ0) is 21.3. The van der Waals surface area contributed by atoms with Gasteiger partial charge in [-0.1, -0.05) is 60.7 Å². The van der Waals surface area contributed by atoms with Crippen LogP contribution in [0.5, 0.6) is 0 Å². The Morgan fingerprint density at radius 1 is 0.966 bits per heavy atom. The quantitative estimate of drug-likeness (QED) is 0.342. The molecule has 0 radical (unpaired) electrons. The smallest absolute Gasteiger partial charge is 0.324 e. The zero-order valence-electron chi connectivity index (χ0n) is 17.1. The Bertz CT molecular complexity index is 874. The van der Waals surface area contributed by atoms with Crippen LogP contribution in [-0.4, -0.2) is 26.2 Å². The molecule has 0 N–H and O–H groups in total. The van der Waals surface area contributed by atoms with Crippen molar-refractivity contribution in [2.45, 2.75) is 62.5 Å². The number of carbonyl (C=O) groups is 1. The summed E-state index contributed by atoms with van der Waals surface area (Å²) in [5.41, 5.74) is 2.21. The second-order valence-corrected chi connectivity index (χ2v) is 9.75. The maximum absolute atomic E-state index is 13.0. The van der Waals surface area contributed by atoms with Crippen molar-refractivity contribution in [3.63, 3.8) is 0 Å². The van der Waals surface area contributed by atoms with E-state index in [4.69, 9.17) is 16.3 Å². The van der Waals surface area contributed by atoms with Gasteiger partial charge in [-0.2, -0.15) is 0 Å². The number of sulfone groups is 1. The van der Waals surface area contributed by atoms with Crippen molar-refractivity contribution in [2.75, 3.05) is 6.61 Å². The molecule has 0 amide bonds. The second-order valence-electron chi connectivity index (χ2n) is 7.18. The molecule has 1 atom stereocenters. The number of unbranched alkanes of at least 4 members (excludes halogenated alkanes) is 3. The maximum atomic E-state index is 13.0. The van der Waals surface area contributed by atoms with Gasteiger partial charge in [0.2, 0.25) is 0 Å². The van der Waals surface area contributed by atoms with Gasteiger partial charge in [-0.3, -0.25) is 4.79 Å². The van der Waals surface area contributed by atoms with Crippen LogP contribution < -0.4 is 0 Å². The average Bonchev–Trinajstić information content (AvgIpc) is 2.69. The van der Waals surface area contributed by atoms with Gasteiger partial charge in [0, 0.05) is 5.02 Å². The Morgan fingerprint density at radius 3 is 2.21 bits per heavy atom. The van der Waals surface area contributed by atoms with Gasteiger partial charge >= 0.3 is 5.97 Å². The third-order valence-electron chi connectivity index (χ3n) is 4.87. The molecule has 0 saturated heterocycles. The molecule has 0 heterocycles. The monoisotopic (exact) mass is 436 g/mol. The van der Waals surface area contributed by atoms with Crippen LogP contribution in [0.1, 0.15) is 50.2 Å². The Labute approximate surface area is 179 Å². The maximum Gasteiger partial charge on any atom is 0.324 e. The van der Waals surface area contributed by atoms with Gasteiger partial charge in [0.25, 0.3) is 0 Å². The largest absolute Gasteiger partial charge is 0.465 e. The highest BCUT2D eigenvalue weighted by Gasteiger charge is 2.34. The molecule has 6 heteroatoms. The molecule has 2 aromatic carbocycles. The van der Waals surface area contributed by atoms with Gasteiger partial charge < -0.3 is 4.74 Å². The summed E-state index contributed by atoms with van der Waals surface area (Å²) < 4.78 is 31.0. The number of benzene rings is 2. The predicted molar refractivity (Wildman–Crippen MR) is 117 cm³/mol. The molecule has 2 aromatic rings. The van der Waals surface area contributed by atoms with Crippen molar-refractivity contribution in [2.24, 2.45) is 0 Å². The summed E-state index contributed by atoms with van der Waals surface area (Å²) in [6, 6.07) is 14.4. The van der Waals surface area contributed by atoms with Gasteiger partial charge in [0.1, 0.15) is 0 Å². The molecule has 0 aliphatic heterocycles. The van der Waals surface area contributed by atoms with Crippen molar-refractivity contribution >= 4 is 27.4 Å².